The van der Waals surface area contributed by atoms with E-state index in [9.17, 15) is 9.90 Å². The molecule has 1 aromatic carbocycles. The maximum absolute atomic E-state index is 12.3. The lowest BCUT2D eigenvalue weighted by Crippen LogP contribution is -2.54. The smallest absolute Gasteiger partial charge is 0.237 e. The van der Waals surface area contributed by atoms with Crippen molar-refractivity contribution in [1.29, 1.82) is 0 Å². The molecule has 0 bridgehead atoms. The van der Waals surface area contributed by atoms with Gasteiger partial charge >= 0.3 is 0 Å². The molecular formula is C17H24Cl2N2O4. The minimum absolute atomic E-state index is 0.0192. The van der Waals surface area contributed by atoms with Crippen LogP contribution in [0.4, 0.5) is 0 Å². The van der Waals surface area contributed by atoms with Crippen molar-refractivity contribution in [1.82, 2.24) is 9.80 Å². The summed E-state index contributed by atoms with van der Waals surface area (Å²) < 4.78 is 4.25. The molecule has 0 spiro atoms. The number of piperazine rings is 1. The number of aromatic hydroxyl groups is 1. The number of rotatable bonds is 3. The SMILES string of the molecule is COC.O=C1CN(CCO)CC2CC(c3c(O)ccc(Cl)c3Cl)CN12. The summed E-state index contributed by atoms with van der Waals surface area (Å²) in [5, 5.41) is 19.9. The largest absolute Gasteiger partial charge is 0.508 e. The Morgan fingerprint density at radius 1 is 1.28 bits per heavy atom. The van der Waals surface area contributed by atoms with Crippen molar-refractivity contribution in [2.45, 2.75) is 18.4 Å². The summed E-state index contributed by atoms with van der Waals surface area (Å²) in [4.78, 5) is 16.1. The van der Waals surface area contributed by atoms with Crippen LogP contribution in [0.2, 0.25) is 10.0 Å². The fourth-order valence-electron chi connectivity index (χ4n) is 3.51. The zero-order chi connectivity index (χ0) is 18.6. The molecule has 2 aliphatic heterocycles. The van der Waals surface area contributed by atoms with Gasteiger partial charge in [0.15, 0.2) is 0 Å². The third-order valence-corrected chi connectivity index (χ3v) is 5.32. The highest BCUT2D eigenvalue weighted by Crippen LogP contribution is 2.43. The summed E-state index contributed by atoms with van der Waals surface area (Å²) in [6.45, 7) is 2.17. The first-order chi connectivity index (χ1) is 11.9. The van der Waals surface area contributed by atoms with E-state index < -0.39 is 0 Å². The molecule has 6 nitrogen and oxygen atoms in total. The van der Waals surface area contributed by atoms with Crippen LogP contribution in [0.25, 0.3) is 0 Å². The molecular weight excluding hydrogens is 367 g/mol. The first-order valence-electron chi connectivity index (χ1n) is 8.12. The lowest BCUT2D eigenvalue weighted by Gasteiger charge is -2.36. The van der Waals surface area contributed by atoms with E-state index >= 15 is 0 Å². The van der Waals surface area contributed by atoms with Gasteiger partial charge in [-0.3, -0.25) is 9.69 Å². The number of fused-ring (bicyclic) bond motifs is 1. The second kappa shape index (κ2) is 9.05. The average molecular weight is 391 g/mol. The standard InChI is InChI=1S/C15H18Cl2N2O3.C2H6O/c16-11-1-2-12(21)14(15(11)17)9-5-10-7-18(3-4-20)8-13(22)19(10)6-9;1-3-2/h1-2,9-10,20-21H,3-8H2;1-2H3. The molecule has 25 heavy (non-hydrogen) atoms. The topological polar surface area (TPSA) is 73.2 Å². The van der Waals surface area contributed by atoms with Gasteiger partial charge in [0.1, 0.15) is 5.75 Å². The number of amides is 1. The van der Waals surface area contributed by atoms with Gasteiger partial charge in [0, 0.05) is 51.4 Å². The zero-order valence-electron chi connectivity index (χ0n) is 14.4. The van der Waals surface area contributed by atoms with E-state index in [1.165, 1.54) is 0 Å². The predicted octanol–water partition coefficient (Wildman–Crippen LogP) is 1.95. The third kappa shape index (κ3) is 4.57. The quantitative estimate of drug-likeness (QED) is 0.824. The maximum Gasteiger partial charge on any atom is 0.237 e. The Balaban J connectivity index is 0.000000701. The minimum atomic E-state index is -0.0192. The minimum Gasteiger partial charge on any atom is -0.508 e. The number of carbonyl (C=O) groups excluding carboxylic acids is 1. The number of benzene rings is 1. The summed E-state index contributed by atoms with van der Waals surface area (Å²) in [5.74, 6) is 0.165. The summed E-state index contributed by atoms with van der Waals surface area (Å²) >= 11 is 12.3. The fraction of sp³-hybridized carbons (Fsp3) is 0.588. The Morgan fingerprint density at radius 2 is 1.96 bits per heavy atom. The molecule has 1 aromatic rings. The van der Waals surface area contributed by atoms with E-state index in [1.54, 1.807) is 26.4 Å². The maximum atomic E-state index is 12.3. The van der Waals surface area contributed by atoms with Gasteiger partial charge in [0.05, 0.1) is 23.2 Å². The van der Waals surface area contributed by atoms with Gasteiger partial charge in [0.25, 0.3) is 0 Å². The number of aliphatic hydroxyl groups excluding tert-OH is 1. The number of phenolic OH excluding ortho intramolecular Hbond substituents is 1. The molecule has 0 aromatic heterocycles. The van der Waals surface area contributed by atoms with Crippen LogP contribution in [0.1, 0.15) is 17.9 Å². The van der Waals surface area contributed by atoms with E-state index in [4.69, 9.17) is 28.3 Å². The van der Waals surface area contributed by atoms with Gasteiger partial charge in [-0.1, -0.05) is 23.2 Å². The second-order valence-electron chi connectivity index (χ2n) is 6.29. The third-order valence-electron chi connectivity index (χ3n) is 4.50. The zero-order valence-corrected chi connectivity index (χ0v) is 15.9. The number of phenols is 1. The number of ether oxygens (including phenoxy) is 1. The monoisotopic (exact) mass is 390 g/mol. The second-order valence-corrected chi connectivity index (χ2v) is 7.08. The van der Waals surface area contributed by atoms with Crippen molar-refractivity contribution in [2.24, 2.45) is 0 Å². The number of hydrogen-bond donors (Lipinski definition) is 2. The number of β-amino-alcohol motifs (C(OH)–C–C–N with tert-alkyl or cyclic N) is 1. The molecule has 2 aliphatic rings. The number of hydrogen-bond acceptors (Lipinski definition) is 5. The Bertz CT molecular complexity index is 615. The van der Waals surface area contributed by atoms with Gasteiger partial charge in [-0.15, -0.1) is 0 Å². The number of aliphatic hydroxyl groups is 1. The molecule has 1 amide bonds. The highest BCUT2D eigenvalue weighted by atomic mass is 35.5. The van der Waals surface area contributed by atoms with Gasteiger partial charge in [-0.2, -0.15) is 0 Å². The van der Waals surface area contributed by atoms with Crippen molar-refractivity contribution >= 4 is 29.1 Å². The van der Waals surface area contributed by atoms with Crippen LogP contribution in [0, 0.1) is 0 Å². The summed E-state index contributed by atoms with van der Waals surface area (Å²) in [7, 11) is 3.25. The molecule has 2 fully saturated rings. The van der Waals surface area contributed by atoms with E-state index in [1.807, 2.05) is 9.80 Å². The Hall–Kier alpha value is -1.05. The highest BCUT2D eigenvalue weighted by Gasteiger charge is 2.41. The average Bonchev–Trinajstić information content (AvgIpc) is 2.97. The molecule has 0 aliphatic carbocycles. The van der Waals surface area contributed by atoms with Crippen molar-refractivity contribution in [3.63, 3.8) is 0 Å². The molecule has 0 saturated carbocycles. The van der Waals surface area contributed by atoms with Crippen LogP contribution in [0.5, 0.6) is 5.75 Å². The Kier molecular flexibility index (Phi) is 7.34. The molecule has 2 heterocycles. The molecule has 3 rings (SSSR count). The van der Waals surface area contributed by atoms with E-state index in [2.05, 4.69) is 4.74 Å². The number of methoxy groups -OCH3 is 1. The first kappa shape index (κ1) is 20.3. The highest BCUT2D eigenvalue weighted by molar-refractivity contribution is 6.42. The predicted molar refractivity (Wildman–Crippen MR) is 97.4 cm³/mol. The fourth-order valence-corrected chi connectivity index (χ4v) is 3.98. The van der Waals surface area contributed by atoms with Crippen LogP contribution in [-0.2, 0) is 9.53 Å². The molecule has 2 saturated heterocycles. The molecule has 2 unspecified atom stereocenters. The van der Waals surface area contributed by atoms with E-state index in [-0.39, 0.29) is 30.2 Å². The first-order valence-corrected chi connectivity index (χ1v) is 8.88. The van der Waals surface area contributed by atoms with Gasteiger partial charge in [0.2, 0.25) is 5.91 Å². The van der Waals surface area contributed by atoms with Crippen molar-refractivity contribution in [3.8, 4) is 5.75 Å². The lowest BCUT2D eigenvalue weighted by molar-refractivity contribution is -0.137. The summed E-state index contributed by atoms with van der Waals surface area (Å²) in [6, 6.07) is 3.20. The van der Waals surface area contributed by atoms with Crippen LogP contribution >= 0.6 is 23.2 Å². The number of halogens is 2. The molecule has 2 N–H and O–H groups in total. The number of nitrogens with zero attached hydrogens (tertiary/aromatic N) is 2. The number of carbonyl (C=O) groups is 1. The van der Waals surface area contributed by atoms with Crippen LogP contribution < -0.4 is 0 Å². The Morgan fingerprint density at radius 3 is 2.60 bits per heavy atom. The van der Waals surface area contributed by atoms with Crippen LogP contribution in [-0.4, -0.2) is 79.0 Å². The lowest BCUT2D eigenvalue weighted by atomic mass is 9.95. The van der Waals surface area contributed by atoms with E-state index in [0.717, 1.165) is 13.0 Å². The van der Waals surface area contributed by atoms with Crippen molar-refractivity contribution < 1.29 is 19.7 Å². The molecule has 8 heteroatoms. The molecule has 2 atom stereocenters. The van der Waals surface area contributed by atoms with Gasteiger partial charge in [-0.05, 0) is 18.6 Å². The van der Waals surface area contributed by atoms with Crippen LogP contribution in [0.15, 0.2) is 12.1 Å². The molecule has 140 valence electrons. The molecule has 0 radical (unpaired) electrons. The van der Waals surface area contributed by atoms with Crippen molar-refractivity contribution in [2.75, 3.05) is 47.0 Å². The van der Waals surface area contributed by atoms with Gasteiger partial charge < -0.3 is 19.8 Å². The van der Waals surface area contributed by atoms with E-state index in [0.29, 0.717) is 35.2 Å². The normalized spacial score (nSPS) is 23.2. The summed E-state index contributed by atoms with van der Waals surface area (Å²) in [6.07, 6.45) is 0.737. The summed E-state index contributed by atoms with van der Waals surface area (Å²) in [5.41, 5.74) is 0.630. The Labute approximate surface area is 157 Å². The van der Waals surface area contributed by atoms with Crippen LogP contribution in [0.3, 0.4) is 0 Å². The van der Waals surface area contributed by atoms with Crippen molar-refractivity contribution in [3.05, 3.63) is 27.7 Å². The van der Waals surface area contributed by atoms with Gasteiger partial charge in [-0.25, -0.2) is 0 Å².